The molecule has 0 spiro atoms. The topological polar surface area (TPSA) is 105 Å². The van der Waals surface area contributed by atoms with Gasteiger partial charge in [-0.25, -0.2) is 13.2 Å². The van der Waals surface area contributed by atoms with Gasteiger partial charge in [0, 0.05) is 53.2 Å². The third-order valence-corrected chi connectivity index (χ3v) is 6.90. The van der Waals surface area contributed by atoms with Gasteiger partial charge in [-0.2, -0.15) is 0 Å². The maximum absolute atomic E-state index is 14.9. The molecule has 0 bridgehead atoms. The van der Waals surface area contributed by atoms with Crippen molar-refractivity contribution in [2.75, 3.05) is 4.90 Å². The van der Waals surface area contributed by atoms with Crippen molar-refractivity contribution in [2.45, 2.75) is 49.7 Å². The van der Waals surface area contributed by atoms with Crippen molar-refractivity contribution >= 4 is 35.0 Å². The number of benzene rings is 2. The summed E-state index contributed by atoms with van der Waals surface area (Å²) in [6.07, 6.45) is 0.526. The standard InChI is InChI=1S/C26H22ClF3N4O4/c27-19-4-2-1-3-18(19)23(24(36)32-16-12-26(29,30)13-16)34(25(37)20-5-6-22(35)33-20)17-10-14(9-15(28)11-17)21-7-8-31-38-21/h1-4,7-11,16,20,23H,5-6,12-13H2,(H,32,36)(H,33,35)/t20-,23?/m0/s1. The van der Waals surface area contributed by atoms with Gasteiger partial charge in [0.25, 0.3) is 11.8 Å². The third-order valence-electron chi connectivity index (χ3n) is 6.56. The summed E-state index contributed by atoms with van der Waals surface area (Å²) in [6.45, 7) is 0. The van der Waals surface area contributed by atoms with E-state index in [-0.39, 0.29) is 46.3 Å². The highest BCUT2D eigenvalue weighted by atomic mass is 35.5. The van der Waals surface area contributed by atoms with Crippen LogP contribution in [0.4, 0.5) is 18.9 Å². The van der Waals surface area contributed by atoms with Gasteiger partial charge in [-0.05, 0) is 30.7 Å². The van der Waals surface area contributed by atoms with Crippen LogP contribution in [-0.2, 0) is 14.4 Å². The first-order valence-corrected chi connectivity index (χ1v) is 12.3. The minimum absolute atomic E-state index is 0.0263. The van der Waals surface area contributed by atoms with Gasteiger partial charge in [0.15, 0.2) is 5.76 Å². The fraction of sp³-hybridized carbons (Fsp3) is 0.308. The molecule has 1 saturated carbocycles. The van der Waals surface area contributed by atoms with Crippen molar-refractivity contribution in [1.29, 1.82) is 0 Å². The Morgan fingerprint density at radius 3 is 2.58 bits per heavy atom. The second kappa shape index (κ2) is 10.1. The van der Waals surface area contributed by atoms with Gasteiger partial charge in [0.05, 0.1) is 6.20 Å². The lowest BCUT2D eigenvalue weighted by molar-refractivity contribution is -0.133. The largest absolute Gasteiger partial charge is 0.356 e. The van der Waals surface area contributed by atoms with Gasteiger partial charge in [0.2, 0.25) is 11.8 Å². The van der Waals surface area contributed by atoms with E-state index in [0.29, 0.717) is 0 Å². The maximum atomic E-state index is 14.9. The second-order valence-electron chi connectivity index (χ2n) is 9.34. The van der Waals surface area contributed by atoms with Crippen LogP contribution in [0.1, 0.15) is 37.3 Å². The van der Waals surface area contributed by atoms with Crippen LogP contribution in [0.25, 0.3) is 11.3 Å². The monoisotopic (exact) mass is 546 g/mol. The summed E-state index contributed by atoms with van der Waals surface area (Å²) in [4.78, 5) is 40.6. The number of carbonyl (C=O) groups excluding carboxylic acids is 3. The van der Waals surface area contributed by atoms with Gasteiger partial charge in [-0.3, -0.25) is 19.3 Å². The Balaban J connectivity index is 1.62. The lowest BCUT2D eigenvalue weighted by Gasteiger charge is -2.38. The molecule has 1 saturated heterocycles. The number of rotatable bonds is 7. The van der Waals surface area contributed by atoms with Crippen LogP contribution in [-0.4, -0.2) is 40.9 Å². The van der Waals surface area contributed by atoms with E-state index < -0.39 is 54.5 Å². The van der Waals surface area contributed by atoms with E-state index in [1.54, 1.807) is 12.1 Å². The molecule has 8 nitrogen and oxygen atoms in total. The summed E-state index contributed by atoms with van der Waals surface area (Å²) in [5.41, 5.74) is 0.408. The molecule has 1 unspecified atom stereocenters. The number of halogens is 4. The summed E-state index contributed by atoms with van der Waals surface area (Å²) >= 11 is 6.45. The van der Waals surface area contributed by atoms with Gasteiger partial charge < -0.3 is 15.2 Å². The summed E-state index contributed by atoms with van der Waals surface area (Å²) in [6, 6.07) is 8.15. The summed E-state index contributed by atoms with van der Waals surface area (Å²) in [7, 11) is 0. The number of alkyl halides is 2. The molecule has 2 atom stereocenters. The minimum atomic E-state index is -2.89. The predicted molar refractivity (Wildman–Crippen MR) is 131 cm³/mol. The van der Waals surface area contributed by atoms with Crippen molar-refractivity contribution in [3.63, 3.8) is 0 Å². The Kier molecular flexibility index (Phi) is 6.87. The third kappa shape index (κ3) is 5.24. The zero-order chi connectivity index (χ0) is 27.0. The number of anilines is 1. The maximum Gasteiger partial charge on any atom is 0.252 e. The molecular formula is C26H22ClF3N4O4. The molecule has 12 heteroatoms. The Labute approximate surface area is 220 Å². The first kappa shape index (κ1) is 25.8. The predicted octanol–water partition coefficient (Wildman–Crippen LogP) is 4.40. The summed E-state index contributed by atoms with van der Waals surface area (Å²) in [5.74, 6) is -5.23. The molecule has 1 aliphatic carbocycles. The van der Waals surface area contributed by atoms with E-state index in [0.717, 1.165) is 11.0 Å². The number of aromatic nitrogens is 1. The van der Waals surface area contributed by atoms with Gasteiger partial charge in [-0.1, -0.05) is 35.0 Å². The SMILES string of the molecule is O=C1CC[C@@H](C(=O)N(c2cc(F)cc(-c3ccno3)c2)C(C(=O)NC2CC(F)(F)C2)c2ccccc2Cl)N1. The average molecular weight is 547 g/mol. The Morgan fingerprint density at radius 1 is 1.18 bits per heavy atom. The zero-order valence-corrected chi connectivity index (χ0v) is 20.6. The van der Waals surface area contributed by atoms with E-state index in [9.17, 15) is 27.6 Å². The lowest BCUT2D eigenvalue weighted by atomic mass is 9.87. The Morgan fingerprint density at radius 2 is 1.95 bits per heavy atom. The van der Waals surface area contributed by atoms with Gasteiger partial charge in [-0.15, -0.1) is 0 Å². The van der Waals surface area contributed by atoms with Crippen LogP contribution in [0, 0.1) is 5.82 Å². The lowest BCUT2D eigenvalue weighted by Crippen LogP contribution is -2.55. The van der Waals surface area contributed by atoms with Crippen molar-refractivity contribution in [1.82, 2.24) is 15.8 Å². The van der Waals surface area contributed by atoms with E-state index in [1.165, 1.54) is 36.5 Å². The molecule has 198 valence electrons. The van der Waals surface area contributed by atoms with E-state index >= 15 is 0 Å². The fourth-order valence-corrected chi connectivity index (χ4v) is 4.97. The molecule has 2 aromatic carbocycles. The summed E-state index contributed by atoms with van der Waals surface area (Å²) < 4.78 is 47.1. The van der Waals surface area contributed by atoms with E-state index in [1.807, 2.05) is 0 Å². The molecule has 1 aliphatic heterocycles. The number of carbonyl (C=O) groups is 3. The van der Waals surface area contributed by atoms with Crippen LogP contribution in [0.2, 0.25) is 5.02 Å². The zero-order valence-electron chi connectivity index (χ0n) is 19.8. The number of hydrogen-bond donors (Lipinski definition) is 2. The molecule has 2 heterocycles. The van der Waals surface area contributed by atoms with Crippen LogP contribution < -0.4 is 15.5 Å². The van der Waals surface area contributed by atoms with E-state index in [2.05, 4.69) is 15.8 Å². The Bertz CT molecular complexity index is 1380. The normalized spacial score (nSPS) is 19.4. The molecular weight excluding hydrogens is 525 g/mol. The van der Waals surface area contributed by atoms with Crippen molar-refractivity contribution in [3.05, 3.63) is 71.1 Å². The molecule has 3 aromatic rings. The van der Waals surface area contributed by atoms with Gasteiger partial charge >= 0.3 is 0 Å². The molecule has 5 rings (SSSR count). The van der Waals surface area contributed by atoms with Crippen LogP contribution >= 0.6 is 11.6 Å². The van der Waals surface area contributed by atoms with Crippen LogP contribution in [0.5, 0.6) is 0 Å². The second-order valence-corrected chi connectivity index (χ2v) is 9.74. The Hall–Kier alpha value is -3.86. The smallest absolute Gasteiger partial charge is 0.252 e. The van der Waals surface area contributed by atoms with Crippen molar-refractivity contribution in [3.8, 4) is 11.3 Å². The molecule has 3 amide bonds. The number of nitrogens with zero attached hydrogens (tertiary/aromatic N) is 2. The molecule has 1 aromatic heterocycles. The molecule has 0 radical (unpaired) electrons. The average Bonchev–Trinajstić information content (AvgIpc) is 3.53. The first-order chi connectivity index (χ1) is 18.1. The van der Waals surface area contributed by atoms with Gasteiger partial charge in [0.1, 0.15) is 17.9 Å². The highest BCUT2D eigenvalue weighted by Gasteiger charge is 2.47. The number of hydrogen-bond acceptors (Lipinski definition) is 5. The van der Waals surface area contributed by atoms with E-state index in [4.69, 9.17) is 16.1 Å². The molecule has 2 N–H and O–H groups in total. The molecule has 2 fully saturated rings. The number of nitrogens with one attached hydrogen (secondary N) is 2. The summed E-state index contributed by atoms with van der Waals surface area (Å²) in [5, 5.41) is 8.91. The minimum Gasteiger partial charge on any atom is -0.356 e. The molecule has 2 aliphatic rings. The fourth-order valence-electron chi connectivity index (χ4n) is 4.73. The number of amides is 3. The highest BCUT2D eigenvalue weighted by molar-refractivity contribution is 6.31. The first-order valence-electron chi connectivity index (χ1n) is 11.9. The molecule has 38 heavy (non-hydrogen) atoms. The van der Waals surface area contributed by atoms with Crippen LogP contribution in [0.3, 0.4) is 0 Å². The van der Waals surface area contributed by atoms with Crippen LogP contribution in [0.15, 0.2) is 59.3 Å². The highest BCUT2D eigenvalue weighted by Crippen LogP contribution is 2.39. The van der Waals surface area contributed by atoms with Crippen molar-refractivity contribution < 1.29 is 32.1 Å². The quantitative estimate of drug-likeness (QED) is 0.457. The van der Waals surface area contributed by atoms with Crippen molar-refractivity contribution in [2.24, 2.45) is 0 Å².